The molecular formula is C20H27N3O4. The van der Waals surface area contributed by atoms with Crippen molar-refractivity contribution in [1.82, 2.24) is 14.7 Å². The van der Waals surface area contributed by atoms with Crippen molar-refractivity contribution in [2.75, 3.05) is 20.2 Å². The minimum Gasteiger partial charge on any atom is -0.508 e. The van der Waals surface area contributed by atoms with Crippen LogP contribution >= 0.6 is 0 Å². The number of benzene rings is 1. The standard InChI is InChI=1S/C20H27N3O4/c1-20(2,3)27-19(25)22-9-7-15(8-10-22)23-13-14(12-21-23)17-6-5-16(24)11-18(17)26-4/h5-6,11-13,15,24H,7-10H2,1-4H3. The highest BCUT2D eigenvalue weighted by Gasteiger charge is 2.28. The second-order valence-electron chi connectivity index (χ2n) is 7.79. The number of carbonyl (C=O) groups is 1. The molecule has 0 aliphatic carbocycles. The van der Waals surface area contributed by atoms with Crippen LogP contribution in [0.4, 0.5) is 4.79 Å². The normalized spacial score (nSPS) is 15.6. The van der Waals surface area contributed by atoms with E-state index in [2.05, 4.69) is 5.10 Å². The summed E-state index contributed by atoms with van der Waals surface area (Å²) in [6, 6.07) is 5.28. The Morgan fingerprint density at radius 1 is 1.26 bits per heavy atom. The zero-order valence-electron chi connectivity index (χ0n) is 16.3. The van der Waals surface area contributed by atoms with E-state index in [0.717, 1.165) is 24.0 Å². The molecule has 146 valence electrons. The number of ether oxygens (including phenoxy) is 2. The number of nitrogens with zero attached hydrogens (tertiary/aromatic N) is 3. The number of phenols is 1. The molecule has 7 heteroatoms. The largest absolute Gasteiger partial charge is 0.508 e. The molecule has 2 aromatic rings. The van der Waals surface area contributed by atoms with E-state index in [4.69, 9.17) is 9.47 Å². The van der Waals surface area contributed by atoms with E-state index >= 15 is 0 Å². The van der Waals surface area contributed by atoms with Crippen LogP contribution in [-0.4, -0.2) is 51.7 Å². The zero-order valence-corrected chi connectivity index (χ0v) is 16.3. The van der Waals surface area contributed by atoms with Crippen molar-refractivity contribution in [2.24, 2.45) is 0 Å². The Kier molecular flexibility index (Phi) is 5.30. The summed E-state index contributed by atoms with van der Waals surface area (Å²) in [6.45, 7) is 6.93. The van der Waals surface area contributed by atoms with Gasteiger partial charge in [0.1, 0.15) is 17.1 Å². The first-order valence-corrected chi connectivity index (χ1v) is 9.16. The number of amides is 1. The number of rotatable bonds is 3. The molecule has 0 atom stereocenters. The highest BCUT2D eigenvalue weighted by Crippen LogP contribution is 2.33. The van der Waals surface area contributed by atoms with E-state index in [1.165, 1.54) is 0 Å². The molecule has 2 heterocycles. The van der Waals surface area contributed by atoms with E-state index in [-0.39, 0.29) is 17.9 Å². The topological polar surface area (TPSA) is 76.8 Å². The summed E-state index contributed by atoms with van der Waals surface area (Å²) >= 11 is 0. The second kappa shape index (κ2) is 7.50. The van der Waals surface area contributed by atoms with Crippen LogP contribution in [0.5, 0.6) is 11.5 Å². The van der Waals surface area contributed by atoms with Gasteiger partial charge in [-0.25, -0.2) is 4.79 Å². The first kappa shape index (κ1) is 19.1. The van der Waals surface area contributed by atoms with Crippen molar-refractivity contribution >= 4 is 6.09 Å². The van der Waals surface area contributed by atoms with Gasteiger partial charge in [-0.3, -0.25) is 4.68 Å². The summed E-state index contributed by atoms with van der Waals surface area (Å²) in [5.74, 6) is 0.770. The first-order chi connectivity index (χ1) is 12.8. The van der Waals surface area contributed by atoms with Gasteiger partial charge in [-0.2, -0.15) is 5.10 Å². The van der Waals surface area contributed by atoms with Gasteiger partial charge in [0, 0.05) is 36.5 Å². The van der Waals surface area contributed by atoms with E-state index in [1.54, 1.807) is 30.3 Å². The number of hydrogen-bond acceptors (Lipinski definition) is 5. The number of methoxy groups -OCH3 is 1. The Hall–Kier alpha value is -2.70. The zero-order chi connectivity index (χ0) is 19.6. The highest BCUT2D eigenvalue weighted by atomic mass is 16.6. The van der Waals surface area contributed by atoms with Gasteiger partial charge in [-0.1, -0.05) is 0 Å². The number of phenolic OH excluding ortho intramolecular Hbond substituents is 1. The molecule has 3 rings (SSSR count). The molecule has 7 nitrogen and oxygen atoms in total. The number of carbonyl (C=O) groups excluding carboxylic acids is 1. The monoisotopic (exact) mass is 373 g/mol. The maximum atomic E-state index is 12.2. The average Bonchev–Trinajstić information content (AvgIpc) is 3.10. The van der Waals surface area contributed by atoms with E-state index in [0.29, 0.717) is 18.8 Å². The van der Waals surface area contributed by atoms with Gasteiger partial charge in [-0.15, -0.1) is 0 Å². The van der Waals surface area contributed by atoms with Crippen LogP contribution < -0.4 is 4.74 Å². The third kappa shape index (κ3) is 4.53. The first-order valence-electron chi connectivity index (χ1n) is 9.16. The molecule has 0 bridgehead atoms. The lowest BCUT2D eigenvalue weighted by molar-refractivity contribution is 0.0185. The third-order valence-corrected chi connectivity index (χ3v) is 4.59. The second-order valence-corrected chi connectivity index (χ2v) is 7.79. The SMILES string of the molecule is COc1cc(O)ccc1-c1cnn(C2CCN(C(=O)OC(C)(C)C)CC2)c1. The molecule has 1 saturated heterocycles. The maximum absolute atomic E-state index is 12.2. The summed E-state index contributed by atoms with van der Waals surface area (Å²) in [6.07, 6.45) is 5.19. The molecule has 1 aromatic heterocycles. The Balaban J connectivity index is 1.66. The van der Waals surface area contributed by atoms with Gasteiger partial charge in [-0.05, 0) is 45.7 Å². The fourth-order valence-electron chi connectivity index (χ4n) is 3.23. The van der Waals surface area contributed by atoms with Crippen LogP contribution in [0.1, 0.15) is 39.7 Å². The van der Waals surface area contributed by atoms with Gasteiger partial charge in [0.15, 0.2) is 0 Å². The lowest BCUT2D eigenvalue weighted by Gasteiger charge is -2.33. The van der Waals surface area contributed by atoms with Crippen LogP contribution in [-0.2, 0) is 4.74 Å². The van der Waals surface area contributed by atoms with Gasteiger partial charge in [0.25, 0.3) is 0 Å². The van der Waals surface area contributed by atoms with Gasteiger partial charge in [0.05, 0.1) is 19.3 Å². The third-order valence-electron chi connectivity index (χ3n) is 4.59. The van der Waals surface area contributed by atoms with Gasteiger partial charge in [0.2, 0.25) is 0 Å². The Morgan fingerprint density at radius 3 is 2.59 bits per heavy atom. The summed E-state index contributed by atoms with van der Waals surface area (Å²) in [5.41, 5.74) is 1.34. The van der Waals surface area contributed by atoms with Gasteiger partial charge < -0.3 is 19.5 Å². The number of piperidine rings is 1. The summed E-state index contributed by atoms with van der Waals surface area (Å²) < 4.78 is 12.8. The van der Waals surface area contributed by atoms with Crippen LogP contribution in [0.15, 0.2) is 30.6 Å². The van der Waals surface area contributed by atoms with Crippen LogP contribution in [0.3, 0.4) is 0 Å². The van der Waals surface area contributed by atoms with Crippen LogP contribution in [0.2, 0.25) is 0 Å². The van der Waals surface area contributed by atoms with E-state index in [9.17, 15) is 9.90 Å². The van der Waals surface area contributed by atoms with Crippen molar-refractivity contribution in [3.63, 3.8) is 0 Å². The number of likely N-dealkylation sites (tertiary alicyclic amines) is 1. The van der Waals surface area contributed by atoms with Crippen LogP contribution in [0, 0.1) is 0 Å². The molecule has 1 fully saturated rings. The van der Waals surface area contributed by atoms with Crippen molar-refractivity contribution in [1.29, 1.82) is 0 Å². The molecule has 0 unspecified atom stereocenters. The van der Waals surface area contributed by atoms with Gasteiger partial charge >= 0.3 is 6.09 Å². The van der Waals surface area contributed by atoms with Crippen molar-refractivity contribution in [3.8, 4) is 22.6 Å². The molecular weight excluding hydrogens is 346 g/mol. The van der Waals surface area contributed by atoms with E-state index < -0.39 is 5.60 Å². The minimum absolute atomic E-state index is 0.164. The summed E-state index contributed by atoms with van der Waals surface area (Å²) in [7, 11) is 1.58. The molecule has 0 radical (unpaired) electrons. The molecule has 1 amide bonds. The molecule has 1 aliphatic rings. The molecule has 0 saturated carbocycles. The Labute approximate surface area is 159 Å². The predicted molar refractivity (Wildman–Crippen MR) is 102 cm³/mol. The number of aromatic hydroxyl groups is 1. The molecule has 27 heavy (non-hydrogen) atoms. The summed E-state index contributed by atoms with van der Waals surface area (Å²) in [4.78, 5) is 14.0. The average molecular weight is 373 g/mol. The van der Waals surface area contributed by atoms with Crippen molar-refractivity contribution < 1.29 is 19.4 Å². The fourth-order valence-corrected chi connectivity index (χ4v) is 3.23. The Morgan fingerprint density at radius 2 is 1.96 bits per heavy atom. The fraction of sp³-hybridized carbons (Fsp3) is 0.500. The molecule has 1 aliphatic heterocycles. The molecule has 1 aromatic carbocycles. The smallest absolute Gasteiger partial charge is 0.410 e. The minimum atomic E-state index is -0.478. The lowest BCUT2D eigenvalue weighted by Crippen LogP contribution is -2.42. The maximum Gasteiger partial charge on any atom is 0.410 e. The molecule has 1 N–H and O–H groups in total. The number of aromatic nitrogens is 2. The Bertz CT molecular complexity index is 802. The van der Waals surface area contributed by atoms with Crippen LogP contribution in [0.25, 0.3) is 11.1 Å². The quantitative estimate of drug-likeness (QED) is 0.885. The van der Waals surface area contributed by atoms with E-state index in [1.807, 2.05) is 37.7 Å². The summed E-state index contributed by atoms with van der Waals surface area (Å²) in [5, 5.41) is 14.1. The lowest BCUT2D eigenvalue weighted by atomic mass is 10.1. The highest BCUT2D eigenvalue weighted by molar-refractivity contribution is 5.70. The number of hydrogen-bond donors (Lipinski definition) is 1. The molecule has 0 spiro atoms. The predicted octanol–water partition coefficient (Wildman–Crippen LogP) is 3.84. The van der Waals surface area contributed by atoms with Crippen molar-refractivity contribution in [3.05, 3.63) is 30.6 Å². The van der Waals surface area contributed by atoms with Crippen molar-refractivity contribution in [2.45, 2.75) is 45.3 Å².